The van der Waals surface area contributed by atoms with E-state index in [1.165, 1.54) is 4.88 Å². The minimum absolute atomic E-state index is 0.211. The second kappa shape index (κ2) is 6.36. The summed E-state index contributed by atoms with van der Waals surface area (Å²) in [5.41, 5.74) is 1.36. The fraction of sp³-hybridized carbons (Fsp3) is 0.500. The average Bonchev–Trinajstić information content (AvgIpc) is 3.17. The SMILES string of the molecule is CCc1cc(C(=O)Nc2ncc(C3CCNCC3)s2)n[nH]1. The normalized spacial score (nSPS) is 16.0. The van der Waals surface area contributed by atoms with Crippen LogP contribution in [0.2, 0.25) is 0 Å². The largest absolute Gasteiger partial charge is 0.317 e. The molecule has 1 saturated heterocycles. The van der Waals surface area contributed by atoms with Crippen LogP contribution in [0.3, 0.4) is 0 Å². The number of aromatic amines is 1. The highest BCUT2D eigenvalue weighted by molar-refractivity contribution is 7.15. The van der Waals surface area contributed by atoms with Crippen LogP contribution in [0.15, 0.2) is 12.3 Å². The Kier molecular flexibility index (Phi) is 4.31. The number of thiazole rings is 1. The first kappa shape index (κ1) is 14.2. The van der Waals surface area contributed by atoms with E-state index in [1.54, 1.807) is 17.4 Å². The second-order valence-corrected chi connectivity index (χ2v) is 6.24. The molecular weight excluding hydrogens is 286 g/mol. The Balaban J connectivity index is 1.64. The summed E-state index contributed by atoms with van der Waals surface area (Å²) in [6, 6.07) is 1.77. The minimum Gasteiger partial charge on any atom is -0.317 e. The Morgan fingerprint density at radius 2 is 2.29 bits per heavy atom. The molecule has 7 heteroatoms. The predicted molar refractivity (Wildman–Crippen MR) is 82.9 cm³/mol. The predicted octanol–water partition coefficient (Wildman–Crippen LogP) is 2.15. The van der Waals surface area contributed by atoms with Crippen LogP contribution in [-0.4, -0.2) is 34.2 Å². The summed E-state index contributed by atoms with van der Waals surface area (Å²) in [6.45, 7) is 4.12. The van der Waals surface area contributed by atoms with Gasteiger partial charge in [-0.15, -0.1) is 11.3 Å². The van der Waals surface area contributed by atoms with Crippen LogP contribution in [-0.2, 0) is 6.42 Å². The molecule has 0 radical (unpaired) electrons. The molecule has 3 rings (SSSR count). The standard InChI is InChI=1S/C14H19N5OS/c1-2-10-7-11(19-18-10)13(20)17-14-16-8-12(21-14)9-3-5-15-6-4-9/h7-9,15H,2-6H2,1H3,(H,18,19)(H,16,17,20). The molecule has 0 unspecified atom stereocenters. The quantitative estimate of drug-likeness (QED) is 0.808. The van der Waals surface area contributed by atoms with Gasteiger partial charge in [0.05, 0.1) is 0 Å². The van der Waals surface area contributed by atoms with Crippen molar-refractivity contribution in [3.05, 3.63) is 28.5 Å². The molecule has 6 nitrogen and oxygen atoms in total. The smallest absolute Gasteiger partial charge is 0.277 e. The van der Waals surface area contributed by atoms with Crippen molar-refractivity contribution in [3.8, 4) is 0 Å². The lowest BCUT2D eigenvalue weighted by Crippen LogP contribution is -2.26. The number of hydrogen-bond donors (Lipinski definition) is 3. The molecule has 0 aromatic carbocycles. The van der Waals surface area contributed by atoms with Gasteiger partial charge >= 0.3 is 0 Å². The number of H-pyrrole nitrogens is 1. The molecule has 1 amide bonds. The molecule has 0 aliphatic carbocycles. The fourth-order valence-corrected chi connectivity index (χ4v) is 3.44. The first-order chi connectivity index (χ1) is 10.3. The zero-order chi connectivity index (χ0) is 14.7. The molecule has 1 aliphatic heterocycles. The molecule has 112 valence electrons. The van der Waals surface area contributed by atoms with E-state index in [0.717, 1.165) is 38.0 Å². The van der Waals surface area contributed by atoms with Crippen molar-refractivity contribution in [1.82, 2.24) is 20.5 Å². The van der Waals surface area contributed by atoms with E-state index in [0.29, 0.717) is 16.7 Å². The highest BCUT2D eigenvalue weighted by atomic mass is 32.1. The van der Waals surface area contributed by atoms with Crippen LogP contribution in [0.1, 0.15) is 46.7 Å². The maximum Gasteiger partial charge on any atom is 0.277 e. The maximum atomic E-state index is 12.1. The van der Waals surface area contributed by atoms with Gasteiger partial charge < -0.3 is 5.32 Å². The Hall–Kier alpha value is -1.73. The van der Waals surface area contributed by atoms with Crippen LogP contribution in [0, 0.1) is 0 Å². The van der Waals surface area contributed by atoms with Crippen LogP contribution in [0.4, 0.5) is 5.13 Å². The zero-order valence-corrected chi connectivity index (χ0v) is 12.8. The number of aryl methyl sites for hydroxylation is 1. The summed E-state index contributed by atoms with van der Waals surface area (Å²) in [5.74, 6) is 0.351. The van der Waals surface area contributed by atoms with Crippen molar-refractivity contribution in [2.24, 2.45) is 0 Å². The van der Waals surface area contributed by atoms with Crippen LogP contribution >= 0.6 is 11.3 Å². The first-order valence-electron chi connectivity index (χ1n) is 7.28. The zero-order valence-electron chi connectivity index (χ0n) is 12.0. The molecular formula is C14H19N5OS. The van der Waals surface area contributed by atoms with Crippen LogP contribution in [0.25, 0.3) is 0 Å². The Bertz CT molecular complexity index is 614. The summed E-state index contributed by atoms with van der Waals surface area (Å²) >= 11 is 1.57. The van der Waals surface area contributed by atoms with Gasteiger partial charge in [-0.3, -0.25) is 15.2 Å². The molecule has 0 atom stereocenters. The molecule has 3 heterocycles. The van der Waals surface area contributed by atoms with Gasteiger partial charge in [0.1, 0.15) is 0 Å². The number of rotatable bonds is 4. The molecule has 0 saturated carbocycles. The lowest BCUT2D eigenvalue weighted by Gasteiger charge is -2.20. The summed E-state index contributed by atoms with van der Waals surface area (Å²) in [5, 5.41) is 13.7. The molecule has 0 spiro atoms. The van der Waals surface area contributed by atoms with Gasteiger partial charge in [-0.25, -0.2) is 4.98 Å². The van der Waals surface area contributed by atoms with Gasteiger partial charge in [0, 0.05) is 16.8 Å². The topological polar surface area (TPSA) is 82.7 Å². The monoisotopic (exact) mass is 305 g/mol. The van der Waals surface area contributed by atoms with Crippen molar-refractivity contribution >= 4 is 22.4 Å². The second-order valence-electron chi connectivity index (χ2n) is 5.18. The van der Waals surface area contributed by atoms with Gasteiger partial charge in [-0.2, -0.15) is 5.10 Å². The van der Waals surface area contributed by atoms with Gasteiger partial charge in [0.2, 0.25) is 0 Å². The van der Waals surface area contributed by atoms with E-state index in [4.69, 9.17) is 0 Å². The molecule has 2 aromatic rings. The molecule has 3 N–H and O–H groups in total. The Morgan fingerprint density at radius 1 is 1.48 bits per heavy atom. The molecule has 21 heavy (non-hydrogen) atoms. The summed E-state index contributed by atoms with van der Waals surface area (Å²) < 4.78 is 0. The number of carbonyl (C=O) groups is 1. The van der Waals surface area contributed by atoms with E-state index in [9.17, 15) is 4.79 Å². The van der Waals surface area contributed by atoms with E-state index in [-0.39, 0.29) is 5.91 Å². The minimum atomic E-state index is -0.211. The number of hydrogen-bond acceptors (Lipinski definition) is 5. The third kappa shape index (κ3) is 3.30. The average molecular weight is 305 g/mol. The number of nitrogens with zero attached hydrogens (tertiary/aromatic N) is 2. The summed E-state index contributed by atoms with van der Waals surface area (Å²) in [7, 11) is 0. The van der Waals surface area contributed by atoms with Crippen molar-refractivity contribution < 1.29 is 4.79 Å². The van der Waals surface area contributed by atoms with Gasteiger partial charge in [-0.05, 0) is 44.3 Å². The summed E-state index contributed by atoms with van der Waals surface area (Å²) in [4.78, 5) is 17.7. The van der Waals surface area contributed by atoms with E-state index in [1.807, 2.05) is 13.1 Å². The third-order valence-corrected chi connectivity index (χ3v) is 4.81. The number of amides is 1. The van der Waals surface area contributed by atoms with Gasteiger partial charge in [0.15, 0.2) is 10.8 Å². The molecule has 1 aliphatic rings. The van der Waals surface area contributed by atoms with E-state index in [2.05, 4.69) is 25.8 Å². The van der Waals surface area contributed by atoms with E-state index >= 15 is 0 Å². The van der Waals surface area contributed by atoms with Crippen LogP contribution < -0.4 is 10.6 Å². The number of nitrogens with one attached hydrogen (secondary N) is 3. The van der Waals surface area contributed by atoms with Gasteiger partial charge in [-0.1, -0.05) is 6.92 Å². The fourth-order valence-electron chi connectivity index (χ4n) is 2.46. The van der Waals surface area contributed by atoms with Crippen LogP contribution in [0.5, 0.6) is 0 Å². The lowest BCUT2D eigenvalue weighted by atomic mass is 9.97. The number of aromatic nitrogens is 3. The third-order valence-electron chi connectivity index (χ3n) is 3.73. The number of anilines is 1. The number of piperidine rings is 1. The van der Waals surface area contributed by atoms with Crippen molar-refractivity contribution in [2.45, 2.75) is 32.1 Å². The van der Waals surface area contributed by atoms with Crippen molar-refractivity contribution in [1.29, 1.82) is 0 Å². The molecule has 2 aromatic heterocycles. The Labute approximate surface area is 127 Å². The highest BCUT2D eigenvalue weighted by Gasteiger charge is 2.19. The maximum absolute atomic E-state index is 12.1. The highest BCUT2D eigenvalue weighted by Crippen LogP contribution is 2.31. The van der Waals surface area contributed by atoms with E-state index < -0.39 is 0 Å². The van der Waals surface area contributed by atoms with Crippen molar-refractivity contribution in [3.63, 3.8) is 0 Å². The first-order valence-corrected chi connectivity index (χ1v) is 8.10. The van der Waals surface area contributed by atoms with Crippen molar-refractivity contribution in [2.75, 3.05) is 18.4 Å². The Morgan fingerprint density at radius 3 is 3.00 bits per heavy atom. The van der Waals surface area contributed by atoms with Gasteiger partial charge in [0.25, 0.3) is 5.91 Å². The molecule has 0 bridgehead atoms. The number of carbonyl (C=O) groups excluding carboxylic acids is 1. The summed E-state index contributed by atoms with van der Waals surface area (Å²) in [6.07, 6.45) is 4.99. The molecule has 1 fully saturated rings. The lowest BCUT2D eigenvalue weighted by molar-refractivity contribution is 0.102.